The molecule has 0 heterocycles. The normalized spacial score (nSPS) is 19.9. The summed E-state index contributed by atoms with van der Waals surface area (Å²) in [6, 6.07) is 3.22. The zero-order valence-electron chi connectivity index (χ0n) is 12.1. The van der Waals surface area contributed by atoms with Gasteiger partial charge in [0, 0.05) is 22.7 Å². The van der Waals surface area contributed by atoms with Crippen LogP contribution in [0.15, 0.2) is 12.1 Å². The first-order valence-electron chi connectivity index (χ1n) is 7.40. The lowest BCUT2D eigenvalue weighted by molar-refractivity contribution is 0.268. The minimum absolute atomic E-state index is 0.0531. The quantitative estimate of drug-likeness (QED) is 0.697. The van der Waals surface area contributed by atoms with Crippen molar-refractivity contribution in [2.45, 2.75) is 58.0 Å². The molecule has 2 rings (SSSR count). The van der Waals surface area contributed by atoms with E-state index in [9.17, 15) is 4.39 Å². The Balaban J connectivity index is 2.07. The van der Waals surface area contributed by atoms with Gasteiger partial charge in [-0.05, 0) is 44.7 Å². The number of halogens is 3. The Morgan fingerprint density at radius 3 is 2.45 bits per heavy atom. The van der Waals surface area contributed by atoms with Crippen molar-refractivity contribution in [3.05, 3.63) is 33.6 Å². The van der Waals surface area contributed by atoms with E-state index in [1.54, 1.807) is 6.07 Å². The molecule has 1 N–H and O–H groups in total. The maximum atomic E-state index is 13.6. The Bertz CT molecular complexity index is 458. The third-order valence-corrected chi connectivity index (χ3v) is 5.10. The van der Waals surface area contributed by atoms with E-state index in [-0.39, 0.29) is 11.1 Å². The lowest BCUT2D eigenvalue weighted by Gasteiger charge is -2.31. The molecular weight excluding hydrogens is 296 g/mol. The van der Waals surface area contributed by atoms with Crippen LogP contribution in [0.2, 0.25) is 10.0 Å². The molecule has 1 aromatic carbocycles. The topological polar surface area (TPSA) is 12.0 Å². The van der Waals surface area contributed by atoms with Crippen LogP contribution in [0, 0.1) is 11.7 Å². The van der Waals surface area contributed by atoms with Gasteiger partial charge in [-0.3, -0.25) is 0 Å². The molecule has 1 aromatic rings. The summed E-state index contributed by atoms with van der Waals surface area (Å²) in [4.78, 5) is 0. The molecule has 0 spiro atoms. The van der Waals surface area contributed by atoms with Crippen LogP contribution in [0.4, 0.5) is 4.39 Å². The van der Waals surface area contributed by atoms with E-state index in [0.717, 1.165) is 0 Å². The van der Waals surface area contributed by atoms with E-state index in [1.165, 1.54) is 38.2 Å². The summed E-state index contributed by atoms with van der Waals surface area (Å²) in [7, 11) is 0. The van der Waals surface area contributed by atoms with Gasteiger partial charge >= 0.3 is 0 Å². The molecule has 1 fully saturated rings. The number of rotatable bonds is 4. The second-order valence-corrected chi connectivity index (χ2v) is 6.62. The Kier molecular flexibility index (Phi) is 5.71. The van der Waals surface area contributed by atoms with Crippen molar-refractivity contribution in [1.82, 2.24) is 5.32 Å². The fraction of sp³-hybridized carbons (Fsp3) is 0.625. The molecule has 1 aliphatic rings. The second-order valence-electron chi connectivity index (χ2n) is 5.83. The predicted octanol–water partition coefficient (Wildman–Crippen LogP) is 5.75. The van der Waals surface area contributed by atoms with Crippen LogP contribution >= 0.6 is 23.2 Å². The van der Waals surface area contributed by atoms with E-state index in [2.05, 4.69) is 12.2 Å². The third-order valence-electron chi connectivity index (χ3n) is 4.38. The van der Waals surface area contributed by atoms with Crippen LogP contribution in [-0.4, -0.2) is 6.04 Å². The Labute approximate surface area is 130 Å². The molecule has 0 amide bonds. The highest BCUT2D eigenvalue weighted by molar-refractivity contribution is 6.36. The van der Waals surface area contributed by atoms with Crippen molar-refractivity contribution in [3.63, 3.8) is 0 Å². The summed E-state index contributed by atoms with van der Waals surface area (Å²) >= 11 is 12.2. The van der Waals surface area contributed by atoms with Gasteiger partial charge in [0.2, 0.25) is 0 Å². The maximum Gasteiger partial charge on any atom is 0.142 e. The second kappa shape index (κ2) is 7.11. The molecule has 4 heteroatoms. The molecule has 1 aliphatic carbocycles. The van der Waals surface area contributed by atoms with Gasteiger partial charge in [-0.1, -0.05) is 42.5 Å². The average Bonchev–Trinajstić information content (AvgIpc) is 2.44. The number of benzene rings is 1. The fourth-order valence-electron chi connectivity index (χ4n) is 3.19. The molecule has 1 nitrogen and oxygen atoms in total. The van der Waals surface area contributed by atoms with Crippen molar-refractivity contribution in [2.75, 3.05) is 0 Å². The first-order valence-corrected chi connectivity index (χ1v) is 8.15. The average molecular weight is 318 g/mol. The van der Waals surface area contributed by atoms with Gasteiger partial charge in [-0.15, -0.1) is 0 Å². The lowest BCUT2D eigenvalue weighted by Crippen LogP contribution is -2.36. The predicted molar refractivity (Wildman–Crippen MR) is 84.0 cm³/mol. The molecule has 112 valence electrons. The van der Waals surface area contributed by atoms with Crippen molar-refractivity contribution in [3.8, 4) is 0 Å². The van der Waals surface area contributed by atoms with E-state index in [4.69, 9.17) is 23.2 Å². The zero-order chi connectivity index (χ0) is 14.7. The number of hydrogen-bond acceptors (Lipinski definition) is 1. The first-order chi connectivity index (χ1) is 9.50. The molecule has 0 aliphatic heterocycles. The van der Waals surface area contributed by atoms with Crippen LogP contribution in [0.5, 0.6) is 0 Å². The first kappa shape index (κ1) is 16.1. The minimum Gasteiger partial charge on any atom is -0.307 e. The molecule has 2 atom stereocenters. The largest absolute Gasteiger partial charge is 0.307 e. The van der Waals surface area contributed by atoms with E-state index in [0.29, 0.717) is 22.5 Å². The number of nitrogens with one attached hydrogen (secondary N) is 1. The van der Waals surface area contributed by atoms with Crippen LogP contribution in [0.1, 0.15) is 57.6 Å². The van der Waals surface area contributed by atoms with Crippen molar-refractivity contribution < 1.29 is 4.39 Å². The molecule has 0 radical (unpaired) electrons. The molecular formula is C16H22Cl2FN. The summed E-state index contributed by atoms with van der Waals surface area (Å²) in [6.07, 6.45) is 6.51. The van der Waals surface area contributed by atoms with E-state index >= 15 is 0 Å². The van der Waals surface area contributed by atoms with Crippen LogP contribution in [0.3, 0.4) is 0 Å². The summed E-state index contributed by atoms with van der Waals surface area (Å²) < 4.78 is 13.6. The smallest absolute Gasteiger partial charge is 0.142 e. The summed E-state index contributed by atoms with van der Waals surface area (Å²) in [5.41, 5.74) is 0.663. The van der Waals surface area contributed by atoms with Gasteiger partial charge in [0.25, 0.3) is 0 Å². The number of hydrogen-bond donors (Lipinski definition) is 1. The van der Waals surface area contributed by atoms with Crippen molar-refractivity contribution in [2.24, 2.45) is 5.92 Å². The highest BCUT2D eigenvalue weighted by atomic mass is 35.5. The lowest BCUT2D eigenvalue weighted by atomic mass is 9.84. The van der Waals surface area contributed by atoms with Crippen molar-refractivity contribution in [1.29, 1.82) is 0 Å². The Morgan fingerprint density at radius 1 is 1.15 bits per heavy atom. The highest BCUT2D eigenvalue weighted by Gasteiger charge is 2.24. The zero-order valence-corrected chi connectivity index (χ0v) is 13.6. The molecule has 0 saturated heterocycles. The minimum atomic E-state index is -0.412. The summed E-state index contributed by atoms with van der Waals surface area (Å²) in [6.45, 7) is 4.19. The van der Waals surface area contributed by atoms with Gasteiger partial charge < -0.3 is 5.32 Å². The molecule has 2 unspecified atom stereocenters. The molecule has 20 heavy (non-hydrogen) atoms. The summed E-state index contributed by atoms with van der Waals surface area (Å²) in [5, 5.41) is 4.19. The Hall–Kier alpha value is -0.310. The monoisotopic (exact) mass is 317 g/mol. The SMILES string of the molecule is CC(NC(C)C1CCCCC1)c1c(Cl)ccc(F)c1Cl. The molecule has 0 bridgehead atoms. The summed E-state index contributed by atoms with van der Waals surface area (Å²) in [5.74, 6) is 0.280. The van der Waals surface area contributed by atoms with Crippen LogP contribution in [0.25, 0.3) is 0 Å². The van der Waals surface area contributed by atoms with Gasteiger partial charge in [0.15, 0.2) is 0 Å². The fourth-order valence-corrected chi connectivity index (χ4v) is 3.89. The standard InChI is InChI=1S/C16H22Cl2FN/c1-10(12-6-4-3-5-7-12)20-11(2)15-13(17)8-9-14(19)16(15)18/h8-12,20H,3-7H2,1-2H3. The van der Waals surface area contributed by atoms with Crippen LogP contribution < -0.4 is 5.32 Å². The van der Waals surface area contributed by atoms with E-state index < -0.39 is 5.82 Å². The highest BCUT2D eigenvalue weighted by Crippen LogP contribution is 2.34. The van der Waals surface area contributed by atoms with Crippen molar-refractivity contribution >= 4 is 23.2 Å². The van der Waals surface area contributed by atoms with Crippen LogP contribution in [-0.2, 0) is 0 Å². The maximum absolute atomic E-state index is 13.6. The third kappa shape index (κ3) is 3.66. The van der Waals surface area contributed by atoms with Gasteiger partial charge in [-0.2, -0.15) is 0 Å². The molecule has 1 saturated carbocycles. The van der Waals surface area contributed by atoms with Gasteiger partial charge in [0.05, 0.1) is 5.02 Å². The Morgan fingerprint density at radius 2 is 1.80 bits per heavy atom. The van der Waals surface area contributed by atoms with E-state index in [1.807, 2.05) is 6.92 Å². The molecule has 0 aromatic heterocycles. The van der Waals surface area contributed by atoms with Gasteiger partial charge in [0.1, 0.15) is 5.82 Å². The van der Waals surface area contributed by atoms with Gasteiger partial charge in [-0.25, -0.2) is 4.39 Å².